The Labute approximate surface area is 105 Å². The van der Waals surface area contributed by atoms with Crippen LogP contribution in [0.1, 0.15) is 24.8 Å². The van der Waals surface area contributed by atoms with Crippen LogP contribution in [0, 0.1) is 0 Å². The van der Waals surface area contributed by atoms with Crippen molar-refractivity contribution in [1.29, 1.82) is 0 Å². The molecule has 2 rings (SSSR count). The van der Waals surface area contributed by atoms with Crippen molar-refractivity contribution in [2.75, 3.05) is 13.1 Å². The third kappa shape index (κ3) is 3.30. The van der Waals surface area contributed by atoms with Gasteiger partial charge < -0.3 is 10.4 Å². The first-order valence-corrected chi connectivity index (χ1v) is 6.65. The maximum atomic E-state index is 10.1. The molecule has 88 valence electrons. The summed E-state index contributed by atoms with van der Waals surface area (Å²) in [6.07, 6.45) is 3.90. The van der Waals surface area contributed by atoms with E-state index in [-0.39, 0.29) is 0 Å². The molecule has 1 unspecified atom stereocenters. The van der Waals surface area contributed by atoms with Crippen molar-refractivity contribution in [3.8, 4) is 0 Å². The van der Waals surface area contributed by atoms with Crippen LogP contribution in [0.4, 0.5) is 0 Å². The summed E-state index contributed by atoms with van der Waals surface area (Å²) >= 11 is 3.43. The number of hydrogen-bond donors (Lipinski definition) is 2. The zero-order valence-electron chi connectivity index (χ0n) is 9.38. The summed E-state index contributed by atoms with van der Waals surface area (Å²) in [5.74, 6) is 0. The predicted octanol–water partition coefficient (Wildman–Crippen LogP) is 2.50. The maximum absolute atomic E-state index is 10.1. The quantitative estimate of drug-likeness (QED) is 0.890. The average molecular weight is 284 g/mol. The normalized spacial score (nSPS) is 24.9. The SMILES string of the molecule is OC1(CCCc2ccc(Br)cc2)CCNC1. The fraction of sp³-hybridized carbons (Fsp3) is 0.538. The molecule has 0 saturated carbocycles. The highest BCUT2D eigenvalue weighted by Gasteiger charge is 2.29. The van der Waals surface area contributed by atoms with Gasteiger partial charge in [0.25, 0.3) is 0 Å². The molecule has 16 heavy (non-hydrogen) atoms. The van der Waals surface area contributed by atoms with Gasteiger partial charge >= 0.3 is 0 Å². The first-order chi connectivity index (χ1) is 7.68. The lowest BCUT2D eigenvalue weighted by molar-refractivity contribution is 0.0503. The smallest absolute Gasteiger partial charge is 0.0783 e. The summed E-state index contributed by atoms with van der Waals surface area (Å²) < 4.78 is 1.12. The Hall–Kier alpha value is -0.380. The number of hydrogen-bond acceptors (Lipinski definition) is 2. The number of benzene rings is 1. The topological polar surface area (TPSA) is 32.3 Å². The van der Waals surface area contributed by atoms with E-state index >= 15 is 0 Å². The second-order valence-corrected chi connectivity index (χ2v) is 5.55. The summed E-state index contributed by atoms with van der Waals surface area (Å²) in [4.78, 5) is 0. The number of aliphatic hydroxyl groups is 1. The largest absolute Gasteiger partial charge is 0.389 e. The Balaban J connectivity index is 1.77. The van der Waals surface area contributed by atoms with Crippen molar-refractivity contribution in [2.45, 2.75) is 31.3 Å². The molecule has 1 saturated heterocycles. The lowest BCUT2D eigenvalue weighted by atomic mass is 9.94. The van der Waals surface area contributed by atoms with Crippen LogP contribution in [0.2, 0.25) is 0 Å². The van der Waals surface area contributed by atoms with Gasteiger partial charge in [0.1, 0.15) is 0 Å². The average Bonchev–Trinajstić information content (AvgIpc) is 2.69. The van der Waals surface area contributed by atoms with Gasteiger partial charge in [-0.25, -0.2) is 0 Å². The van der Waals surface area contributed by atoms with Gasteiger partial charge in [0.2, 0.25) is 0 Å². The number of β-amino-alcohol motifs (C(OH)–C–C–N with tert-alkyl or cyclic N) is 1. The molecule has 0 aliphatic carbocycles. The fourth-order valence-corrected chi connectivity index (χ4v) is 2.48. The standard InChI is InChI=1S/C13H18BrNO/c14-12-5-3-11(4-6-12)2-1-7-13(16)8-9-15-10-13/h3-6,15-16H,1-2,7-10H2. The number of rotatable bonds is 4. The van der Waals surface area contributed by atoms with Crippen molar-refractivity contribution in [1.82, 2.24) is 5.32 Å². The third-order valence-corrected chi connectivity index (χ3v) is 3.77. The Morgan fingerprint density at radius 2 is 2.06 bits per heavy atom. The van der Waals surface area contributed by atoms with E-state index in [2.05, 4.69) is 45.5 Å². The first kappa shape index (κ1) is 12.1. The zero-order valence-corrected chi connectivity index (χ0v) is 11.0. The molecular formula is C13H18BrNO. The van der Waals surface area contributed by atoms with Crippen molar-refractivity contribution in [3.63, 3.8) is 0 Å². The molecule has 1 aromatic rings. The monoisotopic (exact) mass is 283 g/mol. The van der Waals surface area contributed by atoms with Crippen LogP contribution in [0.25, 0.3) is 0 Å². The molecule has 0 aromatic heterocycles. The van der Waals surface area contributed by atoms with Crippen LogP contribution in [0.3, 0.4) is 0 Å². The molecule has 1 aliphatic rings. The lowest BCUT2D eigenvalue weighted by Gasteiger charge is -2.20. The van der Waals surface area contributed by atoms with Crippen molar-refractivity contribution in [3.05, 3.63) is 34.3 Å². The minimum Gasteiger partial charge on any atom is -0.389 e. The van der Waals surface area contributed by atoms with Crippen molar-refractivity contribution >= 4 is 15.9 Å². The minimum absolute atomic E-state index is 0.449. The van der Waals surface area contributed by atoms with Gasteiger partial charge in [0, 0.05) is 11.0 Å². The number of nitrogens with one attached hydrogen (secondary N) is 1. The third-order valence-electron chi connectivity index (χ3n) is 3.24. The number of aryl methyl sites for hydroxylation is 1. The molecule has 1 fully saturated rings. The molecular weight excluding hydrogens is 266 g/mol. The Morgan fingerprint density at radius 1 is 1.31 bits per heavy atom. The van der Waals surface area contributed by atoms with E-state index in [1.54, 1.807) is 0 Å². The first-order valence-electron chi connectivity index (χ1n) is 5.86. The van der Waals surface area contributed by atoms with E-state index in [0.717, 1.165) is 43.2 Å². The molecule has 2 N–H and O–H groups in total. The van der Waals surface area contributed by atoms with Gasteiger partial charge in [0.15, 0.2) is 0 Å². The molecule has 0 spiro atoms. The summed E-state index contributed by atoms with van der Waals surface area (Å²) in [7, 11) is 0. The van der Waals surface area contributed by atoms with E-state index in [1.165, 1.54) is 5.56 Å². The molecule has 0 bridgehead atoms. The Bertz CT molecular complexity index is 330. The molecule has 3 heteroatoms. The van der Waals surface area contributed by atoms with Crippen LogP contribution in [0.15, 0.2) is 28.7 Å². The number of halogens is 1. The predicted molar refractivity (Wildman–Crippen MR) is 69.5 cm³/mol. The van der Waals surface area contributed by atoms with Gasteiger partial charge in [0.05, 0.1) is 5.60 Å². The second kappa shape index (κ2) is 5.30. The van der Waals surface area contributed by atoms with Gasteiger partial charge in [-0.3, -0.25) is 0 Å². The highest BCUT2D eigenvalue weighted by Crippen LogP contribution is 2.22. The van der Waals surface area contributed by atoms with Crippen LogP contribution in [-0.4, -0.2) is 23.8 Å². The second-order valence-electron chi connectivity index (χ2n) is 4.63. The maximum Gasteiger partial charge on any atom is 0.0783 e. The molecule has 1 atom stereocenters. The van der Waals surface area contributed by atoms with Crippen LogP contribution in [0.5, 0.6) is 0 Å². The van der Waals surface area contributed by atoms with Gasteiger partial charge in [-0.15, -0.1) is 0 Å². The summed E-state index contributed by atoms with van der Waals surface area (Å²) in [5.41, 5.74) is 0.896. The van der Waals surface area contributed by atoms with Crippen molar-refractivity contribution in [2.24, 2.45) is 0 Å². The summed E-state index contributed by atoms with van der Waals surface area (Å²) in [5, 5.41) is 13.4. The molecule has 1 aromatic carbocycles. The van der Waals surface area contributed by atoms with Gasteiger partial charge in [-0.1, -0.05) is 28.1 Å². The van der Waals surface area contributed by atoms with E-state index in [9.17, 15) is 5.11 Å². The Kier molecular flexibility index (Phi) is 4.00. The Morgan fingerprint density at radius 3 is 2.69 bits per heavy atom. The molecule has 2 nitrogen and oxygen atoms in total. The fourth-order valence-electron chi connectivity index (χ4n) is 2.22. The van der Waals surface area contributed by atoms with Crippen LogP contribution >= 0.6 is 15.9 Å². The van der Waals surface area contributed by atoms with E-state index < -0.39 is 5.60 Å². The van der Waals surface area contributed by atoms with Gasteiger partial charge in [-0.05, 0) is 49.9 Å². The minimum atomic E-state index is -0.449. The van der Waals surface area contributed by atoms with Gasteiger partial charge in [-0.2, -0.15) is 0 Å². The van der Waals surface area contributed by atoms with E-state index in [1.807, 2.05) is 0 Å². The lowest BCUT2D eigenvalue weighted by Crippen LogP contribution is -2.31. The molecule has 0 amide bonds. The van der Waals surface area contributed by atoms with Crippen LogP contribution < -0.4 is 5.32 Å². The van der Waals surface area contributed by atoms with E-state index in [0.29, 0.717) is 0 Å². The van der Waals surface area contributed by atoms with Crippen LogP contribution in [-0.2, 0) is 6.42 Å². The summed E-state index contributed by atoms with van der Waals surface area (Å²) in [6.45, 7) is 1.71. The molecule has 0 radical (unpaired) electrons. The van der Waals surface area contributed by atoms with E-state index in [4.69, 9.17) is 0 Å². The molecule has 1 aliphatic heterocycles. The van der Waals surface area contributed by atoms with Crippen molar-refractivity contribution < 1.29 is 5.11 Å². The highest BCUT2D eigenvalue weighted by atomic mass is 79.9. The highest BCUT2D eigenvalue weighted by molar-refractivity contribution is 9.10. The zero-order chi connectivity index (χ0) is 11.4. The summed E-state index contributed by atoms with van der Waals surface area (Å²) in [6, 6.07) is 8.42. The molecule has 1 heterocycles.